The quantitative estimate of drug-likeness (QED) is 0.892. The molecule has 1 atom stereocenters. The van der Waals surface area contributed by atoms with Gasteiger partial charge in [0.1, 0.15) is 6.10 Å². The molecule has 0 aliphatic rings. The summed E-state index contributed by atoms with van der Waals surface area (Å²) in [5.41, 5.74) is 2.69. The third-order valence-electron chi connectivity index (χ3n) is 2.71. The van der Waals surface area contributed by atoms with Crippen molar-refractivity contribution in [3.8, 4) is 0 Å². The summed E-state index contributed by atoms with van der Waals surface area (Å²) in [4.78, 5) is 0. The minimum atomic E-state index is -0.703. The maximum absolute atomic E-state index is 10.4. The van der Waals surface area contributed by atoms with Crippen LogP contribution in [0.2, 0.25) is 0 Å². The first kappa shape index (κ1) is 12.8. The first-order chi connectivity index (χ1) is 8.02. The summed E-state index contributed by atoms with van der Waals surface area (Å²) in [5.74, 6) is 0. The molecule has 5 heteroatoms. The van der Waals surface area contributed by atoms with Crippen LogP contribution in [-0.2, 0) is 7.05 Å². The highest BCUT2D eigenvalue weighted by Gasteiger charge is 2.20. The van der Waals surface area contributed by atoms with Crippen molar-refractivity contribution >= 4 is 31.9 Å². The fraction of sp³-hybridized carbons (Fsp3) is 0.250. The van der Waals surface area contributed by atoms with Gasteiger partial charge in [0.2, 0.25) is 0 Å². The van der Waals surface area contributed by atoms with E-state index in [4.69, 9.17) is 0 Å². The number of hydrogen-bond acceptors (Lipinski definition) is 2. The smallest absolute Gasteiger partial charge is 0.123 e. The maximum Gasteiger partial charge on any atom is 0.123 e. The zero-order chi connectivity index (χ0) is 12.6. The molecule has 2 rings (SSSR count). The van der Waals surface area contributed by atoms with Gasteiger partial charge in [0.05, 0.1) is 16.4 Å². The van der Waals surface area contributed by atoms with Gasteiger partial charge >= 0.3 is 0 Å². The number of rotatable bonds is 2. The molecule has 17 heavy (non-hydrogen) atoms. The number of aryl methyl sites for hydroxylation is 2. The van der Waals surface area contributed by atoms with Gasteiger partial charge in [-0.3, -0.25) is 4.68 Å². The van der Waals surface area contributed by atoms with E-state index in [-0.39, 0.29) is 0 Å². The number of halogens is 2. The summed E-state index contributed by atoms with van der Waals surface area (Å²) >= 11 is 6.91. The van der Waals surface area contributed by atoms with E-state index in [1.54, 1.807) is 10.9 Å². The van der Waals surface area contributed by atoms with E-state index in [9.17, 15) is 5.11 Å². The van der Waals surface area contributed by atoms with Crippen molar-refractivity contribution in [3.63, 3.8) is 0 Å². The van der Waals surface area contributed by atoms with Crippen molar-refractivity contribution in [2.24, 2.45) is 7.05 Å². The summed E-state index contributed by atoms with van der Waals surface area (Å²) in [6.07, 6.45) is 0.980. The van der Waals surface area contributed by atoms with Crippen LogP contribution in [0.1, 0.15) is 22.9 Å². The molecule has 1 aromatic carbocycles. The molecule has 90 valence electrons. The molecule has 0 fully saturated rings. The van der Waals surface area contributed by atoms with Gasteiger partial charge in [-0.25, -0.2) is 0 Å². The van der Waals surface area contributed by atoms with Gasteiger partial charge in [-0.15, -0.1) is 0 Å². The van der Waals surface area contributed by atoms with E-state index in [0.29, 0.717) is 0 Å². The van der Waals surface area contributed by atoms with Crippen LogP contribution in [0.25, 0.3) is 0 Å². The lowest BCUT2D eigenvalue weighted by molar-refractivity contribution is 0.208. The van der Waals surface area contributed by atoms with E-state index in [0.717, 1.165) is 25.8 Å². The molecular formula is C12H12Br2N2O. The lowest BCUT2D eigenvalue weighted by Crippen LogP contribution is -2.08. The molecule has 2 aromatic rings. The summed E-state index contributed by atoms with van der Waals surface area (Å²) in [7, 11) is 1.81. The third-order valence-corrected chi connectivity index (χ3v) is 4.41. The SMILES string of the molecule is Cc1cccc(C(O)c2c(Br)cnn2C)c1Br. The van der Waals surface area contributed by atoms with Gasteiger partial charge in [0.25, 0.3) is 0 Å². The molecule has 1 aromatic heterocycles. The molecule has 3 nitrogen and oxygen atoms in total. The maximum atomic E-state index is 10.4. The first-order valence-electron chi connectivity index (χ1n) is 5.13. The van der Waals surface area contributed by atoms with E-state index in [1.807, 2.05) is 32.2 Å². The Balaban J connectivity index is 2.51. The summed E-state index contributed by atoms with van der Waals surface area (Å²) in [6.45, 7) is 2.00. The van der Waals surface area contributed by atoms with Crippen LogP contribution in [0, 0.1) is 6.92 Å². The van der Waals surface area contributed by atoms with Crippen molar-refractivity contribution in [1.82, 2.24) is 9.78 Å². The van der Waals surface area contributed by atoms with Crippen molar-refractivity contribution in [1.29, 1.82) is 0 Å². The third kappa shape index (κ3) is 2.32. The molecule has 0 bridgehead atoms. The van der Waals surface area contributed by atoms with Crippen LogP contribution in [0.5, 0.6) is 0 Å². The van der Waals surface area contributed by atoms with Crippen LogP contribution in [0.4, 0.5) is 0 Å². The minimum absolute atomic E-state index is 0.703. The van der Waals surface area contributed by atoms with Crippen molar-refractivity contribution in [2.75, 3.05) is 0 Å². The largest absolute Gasteiger partial charge is 0.382 e. The second-order valence-electron chi connectivity index (χ2n) is 3.88. The Morgan fingerprint density at radius 3 is 2.65 bits per heavy atom. The lowest BCUT2D eigenvalue weighted by Gasteiger charge is -2.15. The zero-order valence-electron chi connectivity index (χ0n) is 9.48. The predicted octanol–water partition coefficient (Wildman–Crippen LogP) is 3.34. The Morgan fingerprint density at radius 2 is 2.06 bits per heavy atom. The molecule has 0 saturated carbocycles. The Bertz CT molecular complexity index is 532. The van der Waals surface area contributed by atoms with Crippen LogP contribution in [0.15, 0.2) is 33.3 Å². The average molecular weight is 360 g/mol. The normalized spacial score (nSPS) is 12.8. The highest BCUT2D eigenvalue weighted by Crippen LogP contribution is 2.33. The predicted molar refractivity (Wildman–Crippen MR) is 73.8 cm³/mol. The Labute approximate surface area is 117 Å². The van der Waals surface area contributed by atoms with Gasteiger partial charge in [-0.05, 0) is 28.4 Å². The van der Waals surface area contributed by atoms with E-state index >= 15 is 0 Å². The molecule has 0 aliphatic heterocycles. The van der Waals surface area contributed by atoms with Crippen molar-refractivity contribution in [2.45, 2.75) is 13.0 Å². The average Bonchev–Trinajstić information content (AvgIpc) is 2.62. The minimum Gasteiger partial charge on any atom is -0.382 e. The molecule has 0 spiro atoms. The molecular weight excluding hydrogens is 348 g/mol. The zero-order valence-corrected chi connectivity index (χ0v) is 12.7. The first-order valence-corrected chi connectivity index (χ1v) is 6.71. The fourth-order valence-corrected chi connectivity index (χ4v) is 2.80. The van der Waals surface area contributed by atoms with Gasteiger partial charge in [0, 0.05) is 17.1 Å². The summed E-state index contributed by atoms with van der Waals surface area (Å²) < 4.78 is 3.41. The van der Waals surface area contributed by atoms with Crippen LogP contribution < -0.4 is 0 Å². The standard InChI is InChI=1S/C12H12Br2N2O/c1-7-4-3-5-8(10(7)14)12(17)11-9(13)6-15-16(11)2/h3-6,12,17H,1-2H3. The Hall–Kier alpha value is -0.650. The molecule has 0 radical (unpaired) electrons. The Kier molecular flexibility index (Phi) is 3.70. The molecule has 0 saturated heterocycles. The van der Waals surface area contributed by atoms with Gasteiger partial charge in [0.15, 0.2) is 0 Å². The fourth-order valence-electron chi connectivity index (χ4n) is 1.76. The second kappa shape index (κ2) is 4.92. The van der Waals surface area contributed by atoms with Crippen molar-refractivity contribution in [3.05, 3.63) is 50.2 Å². The number of aromatic nitrogens is 2. The van der Waals surface area contributed by atoms with E-state index < -0.39 is 6.10 Å². The summed E-state index contributed by atoms with van der Waals surface area (Å²) in [5, 5.41) is 14.5. The number of aliphatic hydroxyl groups is 1. The van der Waals surface area contributed by atoms with Gasteiger partial charge < -0.3 is 5.11 Å². The van der Waals surface area contributed by atoms with Crippen LogP contribution >= 0.6 is 31.9 Å². The van der Waals surface area contributed by atoms with Gasteiger partial charge in [-0.2, -0.15) is 5.10 Å². The number of aliphatic hydroxyl groups excluding tert-OH is 1. The topological polar surface area (TPSA) is 38.1 Å². The number of nitrogens with zero attached hydrogens (tertiary/aromatic N) is 2. The van der Waals surface area contributed by atoms with Crippen LogP contribution in [0.3, 0.4) is 0 Å². The number of hydrogen-bond donors (Lipinski definition) is 1. The molecule has 1 unspecified atom stereocenters. The lowest BCUT2D eigenvalue weighted by atomic mass is 10.0. The monoisotopic (exact) mass is 358 g/mol. The highest BCUT2D eigenvalue weighted by atomic mass is 79.9. The Morgan fingerprint density at radius 1 is 1.35 bits per heavy atom. The molecule has 1 N–H and O–H groups in total. The summed E-state index contributed by atoms with van der Waals surface area (Å²) in [6, 6.07) is 5.84. The molecule has 0 amide bonds. The highest BCUT2D eigenvalue weighted by molar-refractivity contribution is 9.10. The molecule has 1 heterocycles. The van der Waals surface area contributed by atoms with Gasteiger partial charge in [-0.1, -0.05) is 34.1 Å². The van der Waals surface area contributed by atoms with E-state index in [2.05, 4.69) is 37.0 Å². The van der Waals surface area contributed by atoms with Crippen LogP contribution in [-0.4, -0.2) is 14.9 Å². The number of benzene rings is 1. The van der Waals surface area contributed by atoms with Crippen molar-refractivity contribution < 1.29 is 5.11 Å². The van der Waals surface area contributed by atoms with E-state index in [1.165, 1.54) is 0 Å². The second-order valence-corrected chi connectivity index (χ2v) is 5.53. The molecule has 0 aliphatic carbocycles.